The van der Waals surface area contributed by atoms with Gasteiger partial charge in [0.2, 0.25) is 11.8 Å². The molecule has 7 nitrogen and oxygen atoms in total. The number of nitrogens with one attached hydrogen (secondary N) is 2. The number of carbonyl (C=O) groups is 3. The van der Waals surface area contributed by atoms with E-state index in [9.17, 15) is 14.4 Å². The Kier molecular flexibility index (Phi) is 4.24. The van der Waals surface area contributed by atoms with E-state index >= 15 is 0 Å². The first kappa shape index (κ1) is 12.4. The summed E-state index contributed by atoms with van der Waals surface area (Å²) in [6.45, 7) is -0.543. The molecule has 0 spiro atoms. The molecule has 1 fully saturated rings. The van der Waals surface area contributed by atoms with Gasteiger partial charge in [0.25, 0.3) is 0 Å². The van der Waals surface area contributed by atoms with E-state index in [4.69, 9.17) is 5.11 Å². The Balaban J connectivity index is 2.49. The highest BCUT2D eigenvalue weighted by molar-refractivity contribution is 5.93. The molecule has 0 bridgehead atoms. The van der Waals surface area contributed by atoms with Gasteiger partial charge in [0.1, 0.15) is 6.04 Å². The number of esters is 1. The van der Waals surface area contributed by atoms with E-state index in [1.165, 1.54) is 0 Å². The van der Waals surface area contributed by atoms with Gasteiger partial charge in [0.15, 0.2) is 6.04 Å². The van der Waals surface area contributed by atoms with Crippen LogP contribution in [0.15, 0.2) is 0 Å². The Morgan fingerprint density at radius 2 is 2.38 bits per heavy atom. The van der Waals surface area contributed by atoms with Crippen molar-refractivity contribution in [3.8, 4) is 0 Å². The zero-order valence-electron chi connectivity index (χ0n) is 8.86. The molecule has 7 heteroatoms. The molecule has 90 valence electrons. The van der Waals surface area contributed by atoms with Crippen LogP contribution in [0, 0.1) is 0 Å². The van der Waals surface area contributed by atoms with Gasteiger partial charge >= 0.3 is 5.97 Å². The topological polar surface area (TPSA) is 105 Å². The normalized spacial score (nSPS) is 21.1. The molecule has 0 aromatic heterocycles. The molecule has 1 rings (SSSR count). The van der Waals surface area contributed by atoms with E-state index in [2.05, 4.69) is 15.4 Å². The molecule has 2 atom stereocenters. The van der Waals surface area contributed by atoms with Crippen LogP contribution in [0.4, 0.5) is 0 Å². The molecule has 0 aliphatic carbocycles. The van der Waals surface area contributed by atoms with Gasteiger partial charge in [0, 0.05) is 6.42 Å². The number of hydrogen-bond acceptors (Lipinski definition) is 5. The lowest BCUT2D eigenvalue weighted by molar-refractivity contribution is -0.146. The summed E-state index contributed by atoms with van der Waals surface area (Å²) < 4.78 is 4.39. The second kappa shape index (κ2) is 5.45. The molecule has 0 radical (unpaired) electrons. The summed E-state index contributed by atoms with van der Waals surface area (Å²) in [6.07, 6.45) is 0.685. The monoisotopic (exact) mass is 230 g/mol. The third kappa shape index (κ3) is 2.93. The zero-order chi connectivity index (χ0) is 12.1. The van der Waals surface area contributed by atoms with Gasteiger partial charge in [-0.15, -0.1) is 0 Å². The fourth-order valence-corrected chi connectivity index (χ4v) is 1.40. The largest absolute Gasteiger partial charge is 0.467 e. The van der Waals surface area contributed by atoms with Gasteiger partial charge in [-0.1, -0.05) is 0 Å². The third-order valence-electron chi connectivity index (χ3n) is 2.30. The number of carbonyl (C=O) groups excluding carboxylic acids is 3. The van der Waals surface area contributed by atoms with Crippen molar-refractivity contribution in [1.82, 2.24) is 10.6 Å². The van der Waals surface area contributed by atoms with Crippen molar-refractivity contribution in [3.63, 3.8) is 0 Å². The first-order valence-corrected chi connectivity index (χ1v) is 4.87. The van der Waals surface area contributed by atoms with Gasteiger partial charge in [-0.2, -0.15) is 0 Å². The summed E-state index contributed by atoms with van der Waals surface area (Å²) in [4.78, 5) is 33.5. The van der Waals surface area contributed by atoms with Crippen molar-refractivity contribution in [2.75, 3.05) is 13.7 Å². The summed E-state index contributed by atoms with van der Waals surface area (Å²) in [7, 11) is 1.16. The summed E-state index contributed by atoms with van der Waals surface area (Å²) >= 11 is 0. The SMILES string of the molecule is COC(=O)C(CO)NC(=O)[C@@H]1CCC(=O)N1. The van der Waals surface area contributed by atoms with Crippen LogP contribution in [-0.4, -0.2) is 48.7 Å². The molecule has 1 aliphatic heterocycles. The van der Waals surface area contributed by atoms with Crippen LogP contribution in [0.3, 0.4) is 0 Å². The van der Waals surface area contributed by atoms with Crippen LogP contribution in [0.25, 0.3) is 0 Å². The lowest BCUT2D eigenvalue weighted by Crippen LogP contribution is -2.50. The van der Waals surface area contributed by atoms with Gasteiger partial charge in [-0.3, -0.25) is 9.59 Å². The lowest BCUT2D eigenvalue weighted by Gasteiger charge is -2.16. The number of ether oxygens (including phenoxy) is 1. The molecule has 16 heavy (non-hydrogen) atoms. The van der Waals surface area contributed by atoms with Gasteiger partial charge in [0.05, 0.1) is 13.7 Å². The molecule has 0 aromatic carbocycles. The number of rotatable bonds is 4. The average Bonchev–Trinajstić information content (AvgIpc) is 2.71. The fraction of sp³-hybridized carbons (Fsp3) is 0.667. The molecule has 0 saturated carbocycles. The molecule has 3 N–H and O–H groups in total. The predicted octanol–water partition coefficient (Wildman–Crippen LogP) is -2.08. The smallest absolute Gasteiger partial charge is 0.330 e. The summed E-state index contributed by atoms with van der Waals surface area (Å²) in [5.41, 5.74) is 0. The third-order valence-corrected chi connectivity index (χ3v) is 2.30. The average molecular weight is 230 g/mol. The van der Waals surface area contributed by atoms with Gasteiger partial charge < -0.3 is 20.5 Å². The maximum Gasteiger partial charge on any atom is 0.330 e. The van der Waals surface area contributed by atoms with Crippen LogP contribution < -0.4 is 10.6 Å². The lowest BCUT2D eigenvalue weighted by atomic mass is 10.2. The molecular formula is C9H14N2O5. The Bertz CT molecular complexity index is 304. The minimum absolute atomic E-state index is 0.196. The standard InChI is InChI=1S/C9H14N2O5/c1-16-9(15)6(4-12)11-8(14)5-2-3-7(13)10-5/h5-6,12H,2-4H2,1H3,(H,10,13)(H,11,14)/t5-,6?/m0/s1. The Morgan fingerprint density at radius 3 is 2.81 bits per heavy atom. The number of methoxy groups -OCH3 is 1. The van der Waals surface area contributed by atoms with Crippen molar-refractivity contribution in [2.45, 2.75) is 24.9 Å². The molecule has 2 amide bonds. The van der Waals surface area contributed by atoms with Crippen LogP contribution in [0.5, 0.6) is 0 Å². The quantitative estimate of drug-likeness (QED) is 0.480. The second-order valence-corrected chi connectivity index (χ2v) is 3.43. The van der Waals surface area contributed by atoms with E-state index in [-0.39, 0.29) is 5.91 Å². The van der Waals surface area contributed by atoms with Gasteiger partial charge in [-0.25, -0.2) is 4.79 Å². The molecule has 1 saturated heterocycles. The molecule has 1 aliphatic rings. The van der Waals surface area contributed by atoms with E-state index < -0.39 is 30.6 Å². The van der Waals surface area contributed by atoms with Crippen molar-refractivity contribution in [3.05, 3.63) is 0 Å². The van der Waals surface area contributed by atoms with E-state index in [0.29, 0.717) is 12.8 Å². The van der Waals surface area contributed by atoms with Crippen molar-refractivity contribution < 1.29 is 24.2 Å². The van der Waals surface area contributed by atoms with Crippen molar-refractivity contribution in [1.29, 1.82) is 0 Å². The van der Waals surface area contributed by atoms with E-state index in [0.717, 1.165) is 7.11 Å². The molecule has 1 unspecified atom stereocenters. The van der Waals surface area contributed by atoms with E-state index in [1.54, 1.807) is 0 Å². The zero-order valence-corrected chi connectivity index (χ0v) is 8.86. The Hall–Kier alpha value is -1.63. The first-order valence-electron chi connectivity index (χ1n) is 4.87. The van der Waals surface area contributed by atoms with Crippen LogP contribution in [0.2, 0.25) is 0 Å². The molecule has 1 heterocycles. The van der Waals surface area contributed by atoms with E-state index in [1.807, 2.05) is 0 Å². The van der Waals surface area contributed by atoms with Crippen LogP contribution in [0.1, 0.15) is 12.8 Å². The summed E-state index contributed by atoms with van der Waals surface area (Å²) in [5, 5.41) is 13.6. The molecule has 0 aromatic rings. The number of amides is 2. The highest BCUT2D eigenvalue weighted by Crippen LogP contribution is 2.06. The van der Waals surface area contributed by atoms with Crippen LogP contribution in [-0.2, 0) is 19.1 Å². The Labute approximate surface area is 92.1 Å². The minimum atomic E-state index is -1.09. The molecular weight excluding hydrogens is 216 g/mol. The summed E-state index contributed by atoms with van der Waals surface area (Å²) in [5.74, 6) is -1.41. The predicted molar refractivity (Wildman–Crippen MR) is 52.2 cm³/mol. The number of aliphatic hydroxyl groups is 1. The first-order chi connectivity index (χ1) is 7.58. The Morgan fingerprint density at radius 1 is 1.69 bits per heavy atom. The second-order valence-electron chi connectivity index (χ2n) is 3.43. The van der Waals surface area contributed by atoms with Crippen molar-refractivity contribution >= 4 is 17.8 Å². The highest BCUT2D eigenvalue weighted by atomic mass is 16.5. The number of aliphatic hydroxyl groups excluding tert-OH is 1. The van der Waals surface area contributed by atoms with Crippen molar-refractivity contribution in [2.24, 2.45) is 0 Å². The van der Waals surface area contributed by atoms with Crippen LogP contribution >= 0.6 is 0 Å². The van der Waals surface area contributed by atoms with Gasteiger partial charge in [-0.05, 0) is 6.42 Å². The summed E-state index contributed by atoms with van der Waals surface area (Å²) in [6, 6.07) is -1.72. The minimum Gasteiger partial charge on any atom is -0.467 e. The highest BCUT2D eigenvalue weighted by Gasteiger charge is 2.30. The maximum atomic E-state index is 11.5. The maximum absolute atomic E-state index is 11.5. The number of hydrogen-bond donors (Lipinski definition) is 3. The fourth-order valence-electron chi connectivity index (χ4n) is 1.40.